The first-order valence-electron chi connectivity index (χ1n) is 9.83. The number of carbonyl (C=O) groups is 1. The van der Waals surface area contributed by atoms with Crippen LogP contribution >= 0.6 is 0 Å². The van der Waals surface area contributed by atoms with Gasteiger partial charge < -0.3 is 15.1 Å². The van der Waals surface area contributed by atoms with Crippen molar-refractivity contribution in [1.82, 2.24) is 20.0 Å². The molecule has 2 fully saturated rings. The fraction of sp³-hybridized carbons (Fsp3) is 0.650. The lowest BCUT2D eigenvalue weighted by Crippen LogP contribution is -2.51. The number of amides is 2. The fourth-order valence-electron chi connectivity index (χ4n) is 3.74. The number of rotatable bonds is 6. The van der Waals surface area contributed by atoms with E-state index in [1.54, 1.807) is 0 Å². The van der Waals surface area contributed by atoms with Gasteiger partial charge in [-0.1, -0.05) is 36.8 Å². The van der Waals surface area contributed by atoms with Crippen molar-refractivity contribution in [2.75, 3.05) is 52.4 Å². The van der Waals surface area contributed by atoms with E-state index in [4.69, 9.17) is 0 Å². The summed E-state index contributed by atoms with van der Waals surface area (Å²) in [6.07, 6.45) is 5.10. The highest BCUT2D eigenvalue weighted by molar-refractivity contribution is 5.74. The molecule has 0 unspecified atom stereocenters. The summed E-state index contributed by atoms with van der Waals surface area (Å²) in [5, 5.41) is 3.10. The van der Waals surface area contributed by atoms with E-state index >= 15 is 0 Å². The topological polar surface area (TPSA) is 38.8 Å². The number of carbonyl (C=O) groups excluding carboxylic acids is 1. The summed E-state index contributed by atoms with van der Waals surface area (Å²) in [6.45, 7) is 8.91. The molecule has 0 saturated carbocycles. The first-order chi connectivity index (χ1) is 12.3. The second-order valence-electron chi connectivity index (χ2n) is 7.24. The Balaban J connectivity index is 1.29. The number of piperidine rings is 1. The molecule has 138 valence electrons. The summed E-state index contributed by atoms with van der Waals surface area (Å²) in [5.41, 5.74) is 1.35. The van der Waals surface area contributed by atoms with E-state index in [0.717, 1.165) is 52.2 Å². The van der Waals surface area contributed by atoms with E-state index in [0.29, 0.717) is 0 Å². The number of urea groups is 1. The summed E-state index contributed by atoms with van der Waals surface area (Å²) >= 11 is 0. The number of nitrogens with zero attached hydrogens (tertiary/aromatic N) is 3. The van der Waals surface area contributed by atoms with Gasteiger partial charge in [0.2, 0.25) is 0 Å². The van der Waals surface area contributed by atoms with Gasteiger partial charge in [-0.05, 0) is 44.5 Å². The van der Waals surface area contributed by atoms with Crippen LogP contribution in [0.15, 0.2) is 30.3 Å². The average molecular weight is 345 g/mol. The Kier molecular flexibility index (Phi) is 7.12. The number of hydrogen-bond donors (Lipinski definition) is 1. The van der Waals surface area contributed by atoms with E-state index in [1.807, 2.05) is 4.90 Å². The number of benzene rings is 1. The van der Waals surface area contributed by atoms with Crippen LogP contribution in [0.4, 0.5) is 4.79 Å². The number of hydrogen-bond acceptors (Lipinski definition) is 3. The third-order valence-electron chi connectivity index (χ3n) is 5.28. The van der Waals surface area contributed by atoms with Crippen LogP contribution < -0.4 is 5.32 Å². The lowest BCUT2D eigenvalue weighted by Gasteiger charge is -2.34. The van der Waals surface area contributed by atoms with Crippen LogP contribution in [0.1, 0.15) is 31.2 Å². The summed E-state index contributed by atoms with van der Waals surface area (Å²) in [7, 11) is 0. The van der Waals surface area contributed by atoms with Crippen molar-refractivity contribution >= 4 is 6.03 Å². The minimum absolute atomic E-state index is 0.109. The molecule has 2 heterocycles. The maximum absolute atomic E-state index is 12.3. The molecule has 0 atom stereocenters. The molecule has 0 radical (unpaired) electrons. The van der Waals surface area contributed by atoms with Crippen molar-refractivity contribution < 1.29 is 4.79 Å². The van der Waals surface area contributed by atoms with Crippen LogP contribution in [0.5, 0.6) is 0 Å². The molecule has 0 bridgehead atoms. The van der Waals surface area contributed by atoms with Crippen molar-refractivity contribution in [2.45, 2.75) is 32.2 Å². The first-order valence-corrected chi connectivity index (χ1v) is 9.83. The van der Waals surface area contributed by atoms with Crippen LogP contribution in [0.25, 0.3) is 0 Å². The highest BCUT2D eigenvalue weighted by Crippen LogP contribution is 2.09. The van der Waals surface area contributed by atoms with Crippen LogP contribution in [-0.4, -0.2) is 73.1 Å². The summed E-state index contributed by atoms with van der Waals surface area (Å²) < 4.78 is 0. The molecule has 2 aliphatic rings. The normalized spacial score (nSPS) is 19.8. The molecule has 25 heavy (non-hydrogen) atoms. The molecular formula is C20H32N4O. The molecule has 2 aliphatic heterocycles. The molecule has 0 spiro atoms. The molecule has 1 aromatic carbocycles. The Morgan fingerprint density at radius 1 is 0.880 bits per heavy atom. The van der Waals surface area contributed by atoms with Gasteiger partial charge in [0.25, 0.3) is 0 Å². The second-order valence-corrected chi connectivity index (χ2v) is 7.24. The van der Waals surface area contributed by atoms with E-state index in [2.05, 4.69) is 45.4 Å². The minimum Gasteiger partial charge on any atom is -0.338 e. The Hall–Kier alpha value is -1.59. The molecule has 2 saturated heterocycles. The van der Waals surface area contributed by atoms with Crippen molar-refractivity contribution in [3.05, 3.63) is 35.9 Å². The van der Waals surface area contributed by atoms with Gasteiger partial charge in [-0.2, -0.15) is 0 Å². The number of nitrogens with one attached hydrogen (secondary N) is 1. The largest absolute Gasteiger partial charge is 0.338 e. The van der Waals surface area contributed by atoms with Crippen LogP contribution in [0.2, 0.25) is 0 Å². The maximum atomic E-state index is 12.3. The predicted octanol–water partition coefficient (Wildman–Crippen LogP) is 2.39. The highest BCUT2D eigenvalue weighted by Gasteiger charge is 2.20. The molecule has 1 aromatic rings. The molecule has 1 N–H and O–H groups in total. The Morgan fingerprint density at radius 2 is 1.60 bits per heavy atom. The van der Waals surface area contributed by atoms with Gasteiger partial charge in [0, 0.05) is 39.3 Å². The Morgan fingerprint density at radius 3 is 2.32 bits per heavy atom. The molecule has 5 heteroatoms. The van der Waals surface area contributed by atoms with Crippen molar-refractivity contribution in [1.29, 1.82) is 0 Å². The number of piperazine rings is 1. The second kappa shape index (κ2) is 9.78. The average Bonchev–Trinajstić information content (AvgIpc) is 2.67. The van der Waals surface area contributed by atoms with Crippen LogP contribution in [0, 0.1) is 0 Å². The SMILES string of the molecule is O=C(NCCCN1CCCCC1)N1CCN(Cc2ccccc2)CC1. The lowest BCUT2D eigenvalue weighted by molar-refractivity contribution is 0.135. The maximum Gasteiger partial charge on any atom is 0.317 e. The van der Waals surface area contributed by atoms with Crippen LogP contribution in [-0.2, 0) is 6.54 Å². The molecule has 5 nitrogen and oxygen atoms in total. The van der Waals surface area contributed by atoms with E-state index in [1.165, 1.54) is 37.9 Å². The Labute approximate surface area is 152 Å². The van der Waals surface area contributed by atoms with Gasteiger partial charge in [0.1, 0.15) is 0 Å². The zero-order valence-electron chi connectivity index (χ0n) is 15.3. The lowest BCUT2D eigenvalue weighted by atomic mass is 10.1. The van der Waals surface area contributed by atoms with Gasteiger partial charge >= 0.3 is 6.03 Å². The molecule has 3 rings (SSSR count). The standard InChI is InChI=1S/C20H32N4O/c25-20(21-10-7-13-22-11-5-2-6-12-22)24-16-14-23(15-17-24)18-19-8-3-1-4-9-19/h1,3-4,8-9H,2,5-7,10-18H2,(H,21,25). The van der Waals surface area contributed by atoms with Gasteiger partial charge in [0.05, 0.1) is 0 Å². The molecule has 0 aliphatic carbocycles. The Bertz CT molecular complexity index is 508. The van der Waals surface area contributed by atoms with E-state index in [-0.39, 0.29) is 6.03 Å². The third-order valence-corrected chi connectivity index (χ3v) is 5.28. The van der Waals surface area contributed by atoms with Crippen LogP contribution in [0.3, 0.4) is 0 Å². The van der Waals surface area contributed by atoms with Gasteiger partial charge in [-0.3, -0.25) is 4.90 Å². The van der Waals surface area contributed by atoms with E-state index in [9.17, 15) is 4.79 Å². The van der Waals surface area contributed by atoms with E-state index < -0.39 is 0 Å². The van der Waals surface area contributed by atoms with Gasteiger partial charge in [-0.15, -0.1) is 0 Å². The quantitative estimate of drug-likeness (QED) is 0.806. The van der Waals surface area contributed by atoms with Crippen molar-refractivity contribution in [2.24, 2.45) is 0 Å². The highest BCUT2D eigenvalue weighted by atomic mass is 16.2. The monoisotopic (exact) mass is 344 g/mol. The van der Waals surface area contributed by atoms with Gasteiger partial charge in [-0.25, -0.2) is 4.79 Å². The predicted molar refractivity (Wildman–Crippen MR) is 102 cm³/mol. The smallest absolute Gasteiger partial charge is 0.317 e. The summed E-state index contributed by atoms with van der Waals surface area (Å²) in [6, 6.07) is 10.7. The van der Waals surface area contributed by atoms with Gasteiger partial charge in [0.15, 0.2) is 0 Å². The third kappa shape index (κ3) is 6.01. The molecule has 2 amide bonds. The zero-order chi connectivity index (χ0) is 17.3. The first kappa shape index (κ1) is 18.2. The minimum atomic E-state index is 0.109. The summed E-state index contributed by atoms with van der Waals surface area (Å²) in [5.74, 6) is 0. The molecule has 0 aromatic heterocycles. The zero-order valence-corrected chi connectivity index (χ0v) is 15.3. The number of likely N-dealkylation sites (tertiary alicyclic amines) is 1. The summed E-state index contributed by atoms with van der Waals surface area (Å²) in [4.78, 5) is 19.2. The van der Waals surface area contributed by atoms with Crippen molar-refractivity contribution in [3.63, 3.8) is 0 Å². The fourth-order valence-corrected chi connectivity index (χ4v) is 3.74. The van der Waals surface area contributed by atoms with Crippen molar-refractivity contribution in [3.8, 4) is 0 Å². The molecular weight excluding hydrogens is 312 g/mol.